The molecule has 2 aliphatic rings. The lowest BCUT2D eigenvalue weighted by Crippen LogP contribution is -2.43. The molecule has 6 rings (SSSR count). The molecule has 0 aliphatic carbocycles. The lowest BCUT2D eigenvalue weighted by atomic mass is 9.95. The molecule has 188 valence electrons. The molecule has 4 aromatic rings. The van der Waals surface area contributed by atoms with E-state index in [-0.39, 0.29) is 34.2 Å². The topological polar surface area (TPSA) is 89.0 Å². The predicted octanol–water partition coefficient (Wildman–Crippen LogP) is 5.03. The summed E-state index contributed by atoms with van der Waals surface area (Å²) in [6, 6.07) is 2.61. The highest BCUT2D eigenvalue weighted by Crippen LogP contribution is 2.40. The first kappa shape index (κ1) is 23.0. The summed E-state index contributed by atoms with van der Waals surface area (Å²) in [5.41, 5.74) is 0.106. The van der Waals surface area contributed by atoms with Crippen LogP contribution >= 0.6 is 0 Å². The standard InChI is InChI=1S/C26H28F2N6O2/c1-25(2,3)36-23-18-12-29-21(16-10-15(27)11-19-17(16)13-30-33-19)20(28)22(18)31-24(32-23)35-14-26-6-4-8-34(26)9-5-7-26/h10-13H,4-9,14H2,1-3H3,(H,30,33). The third kappa shape index (κ3) is 3.93. The fourth-order valence-electron chi connectivity index (χ4n) is 5.50. The molecule has 0 radical (unpaired) electrons. The van der Waals surface area contributed by atoms with E-state index in [1.54, 1.807) is 0 Å². The fraction of sp³-hybridized carbons (Fsp3) is 0.462. The molecule has 2 saturated heterocycles. The number of H-pyrrole nitrogens is 1. The van der Waals surface area contributed by atoms with E-state index < -0.39 is 17.2 Å². The number of benzene rings is 1. The summed E-state index contributed by atoms with van der Waals surface area (Å²) >= 11 is 0. The molecule has 1 aromatic carbocycles. The number of fused-ring (bicyclic) bond motifs is 3. The lowest BCUT2D eigenvalue weighted by Gasteiger charge is -2.31. The number of pyridine rings is 1. The number of hydrogen-bond donors (Lipinski definition) is 1. The van der Waals surface area contributed by atoms with Crippen LogP contribution in [0.5, 0.6) is 11.9 Å². The first-order valence-corrected chi connectivity index (χ1v) is 12.3. The highest BCUT2D eigenvalue weighted by atomic mass is 19.1. The van der Waals surface area contributed by atoms with Crippen LogP contribution in [0.3, 0.4) is 0 Å². The minimum Gasteiger partial charge on any atom is -0.471 e. The maximum atomic E-state index is 16.0. The number of rotatable bonds is 5. The van der Waals surface area contributed by atoms with E-state index in [0.29, 0.717) is 22.9 Å². The minimum absolute atomic E-state index is 0.0114. The van der Waals surface area contributed by atoms with Crippen LogP contribution in [-0.2, 0) is 0 Å². The summed E-state index contributed by atoms with van der Waals surface area (Å²) in [7, 11) is 0. The van der Waals surface area contributed by atoms with Gasteiger partial charge < -0.3 is 9.47 Å². The third-order valence-corrected chi connectivity index (χ3v) is 7.09. The Balaban J connectivity index is 1.46. The van der Waals surface area contributed by atoms with Crippen LogP contribution in [0.4, 0.5) is 8.78 Å². The highest BCUT2D eigenvalue weighted by Gasteiger charge is 2.45. The molecule has 0 saturated carbocycles. The average molecular weight is 495 g/mol. The monoisotopic (exact) mass is 494 g/mol. The van der Waals surface area contributed by atoms with Gasteiger partial charge in [-0.05, 0) is 71.7 Å². The average Bonchev–Trinajstić information content (AvgIpc) is 3.52. The molecule has 36 heavy (non-hydrogen) atoms. The molecule has 3 aromatic heterocycles. The Bertz CT molecular complexity index is 1450. The maximum Gasteiger partial charge on any atom is 0.320 e. The predicted molar refractivity (Wildman–Crippen MR) is 131 cm³/mol. The van der Waals surface area contributed by atoms with Gasteiger partial charge in [-0.3, -0.25) is 15.0 Å². The Kier molecular flexibility index (Phi) is 5.33. The van der Waals surface area contributed by atoms with Crippen molar-refractivity contribution >= 4 is 21.8 Å². The Hall–Kier alpha value is -3.40. The van der Waals surface area contributed by atoms with E-state index in [0.717, 1.165) is 38.8 Å². The van der Waals surface area contributed by atoms with Gasteiger partial charge >= 0.3 is 6.01 Å². The van der Waals surface area contributed by atoms with E-state index in [1.807, 2.05) is 20.8 Å². The molecule has 0 atom stereocenters. The number of aromatic amines is 1. The second-order valence-corrected chi connectivity index (χ2v) is 10.7. The first-order chi connectivity index (χ1) is 17.2. The van der Waals surface area contributed by atoms with Gasteiger partial charge in [-0.15, -0.1) is 0 Å². The summed E-state index contributed by atoms with van der Waals surface area (Å²) in [6.45, 7) is 8.23. The van der Waals surface area contributed by atoms with Gasteiger partial charge in [-0.1, -0.05) is 0 Å². The van der Waals surface area contributed by atoms with Gasteiger partial charge in [0.2, 0.25) is 5.88 Å². The fourth-order valence-corrected chi connectivity index (χ4v) is 5.50. The molecule has 10 heteroatoms. The van der Waals surface area contributed by atoms with Crippen LogP contribution in [0, 0.1) is 11.6 Å². The van der Waals surface area contributed by atoms with Crippen molar-refractivity contribution in [2.24, 2.45) is 0 Å². The molecule has 5 heterocycles. The van der Waals surface area contributed by atoms with Crippen molar-refractivity contribution < 1.29 is 18.3 Å². The number of nitrogens with one attached hydrogen (secondary N) is 1. The second kappa shape index (κ2) is 8.33. The molecule has 1 N–H and O–H groups in total. The van der Waals surface area contributed by atoms with Crippen LogP contribution < -0.4 is 9.47 Å². The van der Waals surface area contributed by atoms with Gasteiger partial charge in [0.1, 0.15) is 29.2 Å². The smallest absolute Gasteiger partial charge is 0.320 e. The first-order valence-electron chi connectivity index (χ1n) is 12.3. The highest BCUT2D eigenvalue weighted by molar-refractivity contribution is 5.96. The number of ether oxygens (including phenoxy) is 2. The summed E-state index contributed by atoms with van der Waals surface area (Å²) < 4.78 is 42.5. The molecule has 0 spiro atoms. The molecule has 2 aliphatic heterocycles. The number of hydrogen-bond acceptors (Lipinski definition) is 7. The zero-order valence-electron chi connectivity index (χ0n) is 20.6. The van der Waals surface area contributed by atoms with Gasteiger partial charge in [-0.2, -0.15) is 15.1 Å². The normalized spacial score (nSPS) is 17.7. The van der Waals surface area contributed by atoms with Crippen molar-refractivity contribution in [2.45, 2.75) is 57.6 Å². The van der Waals surface area contributed by atoms with Gasteiger partial charge in [0, 0.05) is 17.1 Å². The molecule has 0 amide bonds. The molecule has 8 nitrogen and oxygen atoms in total. The van der Waals surface area contributed by atoms with Crippen LogP contribution in [0.2, 0.25) is 0 Å². The van der Waals surface area contributed by atoms with Crippen molar-refractivity contribution in [2.75, 3.05) is 19.7 Å². The van der Waals surface area contributed by atoms with Crippen LogP contribution in [0.1, 0.15) is 46.5 Å². The second-order valence-electron chi connectivity index (χ2n) is 10.7. The SMILES string of the molecule is CC(C)(C)Oc1nc(OCC23CCCN2CCC3)nc2c(F)c(-c3cc(F)cc4[nH]ncc34)ncc12. The van der Waals surface area contributed by atoms with E-state index in [4.69, 9.17) is 9.47 Å². The Labute approximate surface area is 207 Å². The molecule has 2 fully saturated rings. The molecular weight excluding hydrogens is 466 g/mol. The minimum atomic E-state index is -0.701. The third-order valence-electron chi connectivity index (χ3n) is 7.09. The molecular formula is C26H28F2N6O2. The zero-order chi connectivity index (χ0) is 25.1. The maximum absolute atomic E-state index is 16.0. The van der Waals surface area contributed by atoms with Gasteiger partial charge in [0.25, 0.3) is 0 Å². The summed E-state index contributed by atoms with van der Waals surface area (Å²) in [5, 5.41) is 7.56. The summed E-state index contributed by atoms with van der Waals surface area (Å²) in [4.78, 5) is 15.8. The number of aromatic nitrogens is 5. The Morgan fingerprint density at radius 1 is 1.06 bits per heavy atom. The number of halogens is 2. The van der Waals surface area contributed by atoms with Crippen LogP contribution in [-0.4, -0.2) is 60.9 Å². The quantitative estimate of drug-likeness (QED) is 0.416. The van der Waals surface area contributed by atoms with Crippen molar-refractivity contribution in [1.82, 2.24) is 30.0 Å². The van der Waals surface area contributed by atoms with Crippen molar-refractivity contribution in [3.63, 3.8) is 0 Å². The Morgan fingerprint density at radius 2 is 1.83 bits per heavy atom. The van der Waals surface area contributed by atoms with E-state index >= 15 is 4.39 Å². The lowest BCUT2D eigenvalue weighted by molar-refractivity contribution is 0.102. The van der Waals surface area contributed by atoms with Crippen molar-refractivity contribution in [1.29, 1.82) is 0 Å². The van der Waals surface area contributed by atoms with E-state index in [1.165, 1.54) is 24.5 Å². The van der Waals surface area contributed by atoms with Crippen molar-refractivity contribution in [3.8, 4) is 23.1 Å². The molecule has 0 unspecified atom stereocenters. The summed E-state index contributed by atoms with van der Waals surface area (Å²) in [6.07, 6.45) is 7.39. The van der Waals surface area contributed by atoms with Gasteiger partial charge in [-0.25, -0.2) is 8.78 Å². The zero-order valence-corrected chi connectivity index (χ0v) is 20.6. The Morgan fingerprint density at radius 3 is 2.58 bits per heavy atom. The van der Waals surface area contributed by atoms with Crippen molar-refractivity contribution in [3.05, 3.63) is 36.2 Å². The number of nitrogens with zero attached hydrogens (tertiary/aromatic N) is 5. The van der Waals surface area contributed by atoms with Crippen LogP contribution in [0.25, 0.3) is 33.1 Å². The largest absolute Gasteiger partial charge is 0.471 e. The van der Waals surface area contributed by atoms with E-state index in [2.05, 4.69) is 30.0 Å². The van der Waals surface area contributed by atoms with Gasteiger partial charge in [0.05, 0.1) is 22.6 Å². The van der Waals surface area contributed by atoms with Gasteiger partial charge in [0.15, 0.2) is 5.82 Å². The van der Waals surface area contributed by atoms with E-state index in [9.17, 15) is 4.39 Å². The molecule has 0 bridgehead atoms. The van der Waals surface area contributed by atoms with Crippen LogP contribution in [0.15, 0.2) is 24.5 Å². The summed E-state index contributed by atoms with van der Waals surface area (Å²) in [5.74, 6) is -1.03.